The second-order valence-corrected chi connectivity index (χ2v) is 8.24. The molecule has 0 spiro atoms. The van der Waals surface area contributed by atoms with Crippen LogP contribution in [0, 0.1) is 0 Å². The maximum atomic E-state index is 12.9. The van der Waals surface area contributed by atoms with Crippen LogP contribution in [0.5, 0.6) is 0 Å². The zero-order valence-electron chi connectivity index (χ0n) is 16.6. The fourth-order valence-corrected chi connectivity index (χ4v) is 3.90. The van der Waals surface area contributed by atoms with Gasteiger partial charge < -0.3 is 9.47 Å². The Labute approximate surface area is 205 Å². The van der Waals surface area contributed by atoms with Crippen LogP contribution in [-0.2, 0) is 9.47 Å². The predicted octanol–water partition coefficient (Wildman–Crippen LogP) is 7.27. The Balaban J connectivity index is 1.81. The second kappa shape index (κ2) is 11.6. The highest BCUT2D eigenvalue weighted by molar-refractivity contribution is 6.31. The highest BCUT2D eigenvalue weighted by Gasteiger charge is 2.25. The first-order valence-electron chi connectivity index (χ1n) is 9.56. The molecule has 32 heavy (non-hydrogen) atoms. The van der Waals surface area contributed by atoms with Gasteiger partial charge in [0.25, 0.3) is 0 Å². The highest BCUT2D eigenvalue weighted by Crippen LogP contribution is 2.27. The molecule has 0 bridgehead atoms. The summed E-state index contributed by atoms with van der Waals surface area (Å²) in [6, 6.07) is 19.9. The largest absolute Gasteiger partial charge is 0.453 e. The van der Waals surface area contributed by atoms with Gasteiger partial charge in [0, 0.05) is 10.0 Å². The molecule has 0 saturated carbocycles. The van der Waals surface area contributed by atoms with E-state index < -0.39 is 24.1 Å². The predicted molar refractivity (Wildman–Crippen MR) is 127 cm³/mol. The Hall–Kier alpha value is -2.24. The Morgan fingerprint density at radius 2 is 1.06 bits per heavy atom. The maximum Gasteiger partial charge on any atom is 0.339 e. The zero-order chi connectivity index (χ0) is 23.1. The molecule has 3 aromatic rings. The molecule has 0 radical (unpaired) electrons. The van der Waals surface area contributed by atoms with E-state index in [2.05, 4.69) is 0 Å². The third-order valence-corrected chi connectivity index (χ3v) is 5.62. The standard InChI is InChI=1S/C24H18Cl4O4/c25-13-21(15-5-3-7-17(27)11-15)31-23(29)19-9-1-2-10-20(19)24(30)32-22(14-26)16-6-4-8-18(28)12-16/h1-12,21-22H,13-14H2. The minimum absolute atomic E-state index is 0.0157. The fraction of sp³-hybridized carbons (Fsp3) is 0.167. The number of hydrogen-bond donors (Lipinski definition) is 0. The number of esters is 2. The van der Waals surface area contributed by atoms with E-state index in [1.807, 2.05) is 0 Å². The summed E-state index contributed by atoms with van der Waals surface area (Å²) in [5, 5.41) is 0.983. The molecule has 4 nitrogen and oxygen atoms in total. The Kier molecular flexibility index (Phi) is 8.83. The number of benzene rings is 3. The average molecular weight is 512 g/mol. The quantitative estimate of drug-likeness (QED) is 0.236. The second-order valence-electron chi connectivity index (χ2n) is 6.75. The Morgan fingerprint density at radius 1 is 0.656 bits per heavy atom. The summed E-state index contributed by atoms with van der Waals surface area (Å²) in [7, 11) is 0. The van der Waals surface area contributed by atoms with Gasteiger partial charge in [0.05, 0.1) is 22.9 Å². The molecule has 2 atom stereocenters. The topological polar surface area (TPSA) is 52.6 Å². The van der Waals surface area contributed by atoms with Crippen molar-refractivity contribution in [3.8, 4) is 0 Å². The van der Waals surface area contributed by atoms with Gasteiger partial charge >= 0.3 is 11.9 Å². The normalized spacial score (nSPS) is 12.6. The van der Waals surface area contributed by atoms with Gasteiger partial charge in [-0.1, -0.05) is 59.6 Å². The molecule has 3 aromatic carbocycles. The van der Waals surface area contributed by atoms with E-state index in [1.165, 1.54) is 12.1 Å². The van der Waals surface area contributed by atoms with Crippen molar-refractivity contribution >= 4 is 58.3 Å². The van der Waals surface area contributed by atoms with Gasteiger partial charge in [-0.3, -0.25) is 0 Å². The lowest BCUT2D eigenvalue weighted by Gasteiger charge is -2.19. The van der Waals surface area contributed by atoms with E-state index >= 15 is 0 Å². The van der Waals surface area contributed by atoms with Gasteiger partial charge in [-0.15, -0.1) is 23.2 Å². The first-order chi connectivity index (χ1) is 15.4. The van der Waals surface area contributed by atoms with Crippen molar-refractivity contribution < 1.29 is 19.1 Å². The SMILES string of the molecule is O=C(OC(CCl)c1cccc(Cl)c1)c1ccccc1C(=O)OC(CCl)c1cccc(Cl)c1. The van der Waals surface area contributed by atoms with Crippen LogP contribution in [0.15, 0.2) is 72.8 Å². The van der Waals surface area contributed by atoms with Crippen LogP contribution in [0.4, 0.5) is 0 Å². The summed E-state index contributed by atoms with van der Waals surface area (Å²) in [5.41, 5.74) is 1.39. The van der Waals surface area contributed by atoms with Crippen LogP contribution in [0.25, 0.3) is 0 Å². The van der Waals surface area contributed by atoms with Crippen LogP contribution in [0.1, 0.15) is 44.1 Å². The molecule has 0 aliphatic heterocycles. The maximum absolute atomic E-state index is 12.9. The van der Waals surface area contributed by atoms with E-state index in [1.54, 1.807) is 60.7 Å². The average Bonchev–Trinajstić information content (AvgIpc) is 2.80. The third-order valence-electron chi connectivity index (χ3n) is 4.59. The van der Waals surface area contributed by atoms with E-state index in [0.29, 0.717) is 21.2 Å². The molecule has 0 aliphatic rings. The van der Waals surface area contributed by atoms with Crippen LogP contribution in [0.2, 0.25) is 10.0 Å². The van der Waals surface area contributed by atoms with Crippen LogP contribution in [0.3, 0.4) is 0 Å². The molecule has 0 aliphatic carbocycles. The molecule has 3 rings (SSSR count). The highest BCUT2D eigenvalue weighted by atomic mass is 35.5. The molecule has 166 valence electrons. The summed E-state index contributed by atoms with van der Waals surface area (Å²) in [4.78, 5) is 25.8. The molecular formula is C24H18Cl4O4. The van der Waals surface area contributed by atoms with E-state index in [9.17, 15) is 9.59 Å². The first kappa shape index (κ1) is 24.4. The van der Waals surface area contributed by atoms with Crippen molar-refractivity contribution in [3.63, 3.8) is 0 Å². The number of carbonyl (C=O) groups is 2. The summed E-state index contributed by atoms with van der Waals surface area (Å²) in [6.07, 6.45) is -1.48. The van der Waals surface area contributed by atoms with E-state index in [0.717, 1.165) is 0 Å². The van der Waals surface area contributed by atoms with Crippen molar-refractivity contribution in [2.45, 2.75) is 12.2 Å². The van der Waals surface area contributed by atoms with Gasteiger partial charge in [-0.05, 0) is 47.5 Å². The molecule has 0 fully saturated rings. The van der Waals surface area contributed by atoms with Crippen molar-refractivity contribution in [1.29, 1.82) is 0 Å². The van der Waals surface area contributed by atoms with Crippen molar-refractivity contribution in [2.75, 3.05) is 11.8 Å². The zero-order valence-corrected chi connectivity index (χ0v) is 19.7. The molecule has 0 saturated heterocycles. The van der Waals surface area contributed by atoms with Gasteiger partial charge in [-0.2, -0.15) is 0 Å². The summed E-state index contributed by atoms with van der Waals surface area (Å²) in [5.74, 6) is -1.40. The Bertz CT molecular complexity index is 1020. The van der Waals surface area contributed by atoms with E-state index in [4.69, 9.17) is 55.9 Å². The van der Waals surface area contributed by atoms with Gasteiger partial charge in [0.2, 0.25) is 0 Å². The number of hydrogen-bond acceptors (Lipinski definition) is 4. The van der Waals surface area contributed by atoms with Gasteiger partial charge in [-0.25, -0.2) is 9.59 Å². The minimum atomic E-state index is -0.742. The van der Waals surface area contributed by atoms with Crippen molar-refractivity contribution in [3.05, 3.63) is 105 Å². The monoisotopic (exact) mass is 510 g/mol. The molecule has 2 unspecified atom stereocenters. The summed E-state index contributed by atoms with van der Waals surface area (Å²) >= 11 is 24.1. The van der Waals surface area contributed by atoms with E-state index in [-0.39, 0.29) is 22.9 Å². The van der Waals surface area contributed by atoms with Gasteiger partial charge in [0.1, 0.15) is 12.2 Å². The molecule has 0 N–H and O–H groups in total. The minimum Gasteiger partial charge on any atom is -0.453 e. The number of carbonyl (C=O) groups excluding carboxylic acids is 2. The fourth-order valence-electron chi connectivity index (χ4n) is 3.02. The summed E-state index contributed by atoms with van der Waals surface area (Å²) in [6.45, 7) is 0. The molecule has 0 amide bonds. The molecule has 0 heterocycles. The number of rotatable bonds is 8. The molecule has 8 heteroatoms. The van der Waals surface area contributed by atoms with Crippen LogP contribution >= 0.6 is 46.4 Å². The lowest BCUT2D eigenvalue weighted by atomic mass is 10.1. The molecule has 0 aromatic heterocycles. The smallest absolute Gasteiger partial charge is 0.339 e. The molecular weight excluding hydrogens is 494 g/mol. The number of ether oxygens (including phenoxy) is 2. The Morgan fingerprint density at radius 3 is 1.41 bits per heavy atom. The number of halogens is 4. The first-order valence-corrected chi connectivity index (χ1v) is 11.4. The van der Waals surface area contributed by atoms with Gasteiger partial charge in [0.15, 0.2) is 0 Å². The van der Waals surface area contributed by atoms with Crippen LogP contribution < -0.4 is 0 Å². The summed E-state index contributed by atoms with van der Waals surface area (Å²) < 4.78 is 11.1. The van der Waals surface area contributed by atoms with Crippen molar-refractivity contribution in [1.82, 2.24) is 0 Å². The number of alkyl halides is 2. The van der Waals surface area contributed by atoms with Crippen LogP contribution in [-0.4, -0.2) is 23.7 Å². The lowest BCUT2D eigenvalue weighted by molar-refractivity contribution is 0.0296. The lowest BCUT2D eigenvalue weighted by Crippen LogP contribution is -2.19. The van der Waals surface area contributed by atoms with Crippen molar-refractivity contribution in [2.24, 2.45) is 0 Å². The third kappa shape index (κ3) is 6.17.